The Hall–Kier alpha value is -1.26. The highest BCUT2D eigenvalue weighted by atomic mass is 35.5. The number of nitrogens with one attached hydrogen (secondary N) is 1. The lowest BCUT2D eigenvalue weighted by atomic mass is 10.0. The molecule has 4 N–H and O–H groups in total. The number of carbonyl (C=O) groups excluding carboxylic acids is 1. The van der Waals surface area contributed by atoms with Gasteiger partial charge >= 0.3 is 0 Å². The van der Waals surface area contributed by atoms with Gasteiger partial charge in [0.25, 0.3) is 5.91 Å². The van der Waals surface area contributed by atoms with E-state index in [1.54, 1.807) is 12.1 Å². The zero-order valence-electron chi connectivity index (χ0n) is 11.1. The number of aliphatic hydroxyl groups excluding tert-OH is 1. The molecule has 1 amide bonds. The van der Waals surface area contributed by atoms with E-state index in [-0.39, 0.29) is 30.3 Å². The fraction of sp³-hybridized carbons (Fsp3) is 0.500. The molecule has 1 aromatic carbocycles. The lowest BCUT2D eigenvalue weighted by Crippen LogP contribution is -2.32. The largest absolute Gasteiger partial charge is 0.399 e. The van der Waals surface area contributed by atoms with Gasteiger partial charge in [-0.2, -0.15) is 0 Å². The van der Waals surface area contributed by atoms with E-state index in [0.717, 1.165) is 24.8 Å². The third-order valence-electron chi connectivity index (χ3n) is 3.65. The Morgan fingerprint density at radius 1 is 1.47 bits per heavy atom. The smallest absolute Gasteiger partial charge is 0.251 e. The van der Waals surface area contributed by atoms with E-state index >= 15 is 0 Å². The van der Waals surface area contributed by atoms with Crippen LogP contribution < -0.4 is 11.1 Å². The van der Waals surface area contributed by atoms with Crippen LogP contribution in [0.5, 0.6) is 0 Å². The summed E-state index contributed by atoms with van der Waals surface area (Å²) in [5.41, 5.74) is 7.80. The number of aryl methyl sites for hydroxylation is 1. The van der Waals surface area contributed by atoms with E-state index in [4.69, 9.17) is 5.73 Å². The first kappa shape index (κ1) is 15.8. The maximum Gasteiger partial charge on any atom is 0.251 e. The molecule has 4 nitrogen and oxygen atoms in total. The summed E-state index contributed by atoms with van der Waals surface area (Å²) in [5.74, 6) is 0.0780. The maximum absolute atomic E-state index is 12.0. The third-order valence-corrected chi connectivity index (χ3v) is 3.65. The van der Waals surface area contributed by atoms with Gasteiger partial charge in [0.1, 0.15) is 0 Å². The van der Waals surface area contributed by atoms with Gasteiger partial charge in [-0.3, -0.25) is 4.79 Å². The number of benzene rings is 1. The predicted molar refractivity (Wildman–Crippen MR) is 78.5 cm³/mol. The Morgan fingerprint density at radius 3 is 2.84 bits per heavy atom. The second-order valence-electron chi connectivity index (χ2n) is 5.04. The minimum atomic E-state index is -0.271. The molecule has 2 unspecified atom stereocenters. The molecule has 1 aliphatic rings. The van der Waals surface area contributed by atoms with Crippen molar-refractivity contribution in [3.05, 3.63) is 29.3 Å². The van der Waals surface area contributed by atoms with Crippen molar-refractivity contribution in [1.29, 1.82) is 0 Å². The number of aliphatic hydroxyl groups is 1. The molecule has 1 aromatic rings. The molecule has 19 heavy (non-hydrogen) atoms. The number of halogens is 1. The molecule has 2 atom stereocenters. The summed E-state index contributed by atoms with van der Waals surface area (Å²) >= 11 is 0. The highest BCUT2D eigenvalue weighted by Crippen LogP contribution is 2.24. The Bertz CT molecular complexity index is 451. The summed E-state index contributed by atoms with van der Waals surface area (Å²) in [6.07, 6.45) is 2.60. The van der Waals surface area contributed by atoms with Crippen LogP contribution in [0.25, 0.3) is 0 Å². The summed E-state index contributed by atoms with van der Waals surface area (Å²) in [5, 5.41) is 12.6. The second kappa shape index (κ2) is 6.78. The number of rotatable bonds is 3. The van der Waals surface area contributed by atoms with Crippen molar-refractivity contribution < 1.29 is 9.90 Å². The fourth-order valence-electron chi connectivity index (χ4n) is 2.46. The molecule has 0 heterocycles. The van der Waals surface area contributed by atoms with Crippen LogP contribution in [-0.2, 0) is 0 Å². The van der Waals surface area contributed by atoms with Gasteiger partial charge in [0.2, 0.25) is 0 Å². The minimum absolute atomic E-state index is 0. The summed E-state index contributed by atoms with van der Waals surface area (Å²) in [6, 6.07) is 5.32. The first-order chi connectivity index (χ1) is 8.58. The average molecular weight is 285 g/mol. The van der Waals surface area contributed by atoms with Crippen LogP contribution in [0.15, 0.2) is 18.2 Å². The zero-order chi connectivity index (χ0) is 13.1. The molecule has 0 bridgehead atoms. The third kappa shape index (κ3) is 3.85. The first-order valence-electron chi connectivity index (χ1n) is 6.40. The number of anilines is 1. The van der Waals surface area contributed by atoms with E-state index in [1.165, 1.54) is 0 Å². The molecular formula is C14H21ClN2O2. The quantitative estimate of drug-likeness (QED) is 0.742. The Kier molecular flexibility index (Phi) is 5.63. The van der Waals surface area contributed by atoms with Crippen LogP contribution in [0.2, 0.25) is 0 Å². The molecule has 1 fully saturated rings. The van der Waals surface area contributed by atoms with Crippen molar-refractivity contribution in [2.45, 2.75) is 32.3 Å². The van der Waals surface area contributed by atoms with E-state index in [0.29, 0.717) is 17.8 Å². The van der Waals surface area contributed by atoms with Crippen molar-refractivity contribution in [2.24, 2.45) is 5.92 Å². The van der Waals surface area contributed by atoms with Gasteiger partial charge in [0, 0.05) is 23.7 Å². The zero-order valence-corrected chi connectivity index (χ0v) is 11.9. The average Bonchev–Trinajstić information content (AvgIpc) is 2.75. The molecular weight excluding hydrogens is 264 g/mol. The van der Waals surface area contributed by atoms with Gasteiger partial charge in [0.05, 0.1) is 6.10 Å². The fourth-order valence-corrected chi connectivity index (χ4v) is 2.46. The molecule has 1 aliphatic carbocycles. The van der Waals surface area contributed by atoms with Gasteiger partial charge in [-0.1, -0.05) is 12.5 Å². The summed E-state index contributed by atoms with van der Waals surface area (Å²) < 4.78 is 0. The van der Waals surface area contributed by atoms with Crippen molar-refractivity contribution in [3.63, 3.8) is 0 Å². The van der Waals surface area contributed by atoms with Crippen LogP contribution in [0, 0.1) is 12.8 Å². The highest BCUT2D eigenvalue weighted by Gasteiger charge is 2.25. The molecule has 0 spiro atoms. The monoisotopic (exact) mass is 284 g/mol. The van der Waals surface area contributed by atoms with Crippen LogP contribution in [0.3, 0.4) is 0 Å². The van der Waals surface area contributed by atoms with Gasteiger partial charge < -0.3 is 16.2 Å². The van der Waals surface area contributed by atoms with Crippen LogP contribution >= 0.6 is 12.4 Å². The van der Waals surface area contributed by atoms with Crippen LogP contribution in [0.1, 0.15) is 35.2 Å². The molecule has 5 heteroatoms. The summed E-state index contributed by atoms with van der Waals surface area (Å²) in [7, 11) is 0. The van der Waals surface area contributed by atoms with E-state index < -0.39 is 0 Å². The number of carbonyl (C=O) groups is 1. The van der Waals surface area contributed by atoms with Crippen LogP contribution in [-0.4, -0.2) is 23.7 Å². The van der Waals surface area contributed by atoms with Crippen molar-refractivity contribution in [2.75, 3.05) is 12.3 Å². The van der Waals surface area contributed by atoms with Gasteiger partial charge in [-0.05, 0) is 37.5 Å². The molecule has 0 saturated heterocycles. The van der Waals surface area contributed by atoms with Gasteiger partial charge in [0.15, 0.2) is 0 Å². The number of hydrogen-bond donors (Lipinski definition) is 3. The number of nitrogens with two attached hydrogens (primary N) is 1. The molecule has 0 aliphatic heterocycles. The van der Waals surface area contributed by atoms with Crippen molar-refractivity contribution in [1.82, 2.24) is 5.32 Å². The summed E-state index contributed by atoms with van der Waals surface area (Å²) in [4.78, 5) is 12.0. The Balaban J connectivity index is 0.00000180. The van der Waals surface area contributed by atoms with Crippen molar-refractivity contribution in [3.8, 4) is 0 Å². The number of nitrogen functional groups attached to an aromatic ring is 1. The van der Waals surface area contributed by atoms with E-state index in [1.807, 2.05) is 13.0 Å². The van der Waals surface area contributed by atoms with E-state index in [2.05, 4.69) is 5.32 Å². The lowest BCUT2D eigenvalue weighted by molar-refractivity contribution is 0.0916. The first-order valence-corrected chi connectivity index (χ1v) is 6.40. The number of hydrogen-bond acceptors (Lipinski definition) is 3. The lowest BCUT2D eigenvalue weighted by Gasteiger charge is -2.15. The molecule has 0 aromatic heterocycles. The molecule has 2 rings (SSSR count). The van der Waals surface area contributed by atoms with Gasteiger partial charge in [-0.25, -0.2) is 0 Å². The SMILES string of the molecule is Cc1ccc(N)cc1C(=O)NCC1CCCC1O.Cl. The number of amides is 1. The maximum atomic E-state index is 12.0. The molecule has 106 valence electrons. The van der Waals surface area contributed by atoms with E-state index in [9.17, 15) is 9.90 Å². The molecule has 1 saturated carbocycles. The molecule has 0 radical (unpaired) electrons. The highest BCUT2D eigenvalue weighted by molar-refractivity contribution is 5.96. The van der Waals surface area contributed by atoms with Crippen molar-refractivity contribution >= 4 is 24.0 Å². The normalized spacial score (nSPS) is 21.8. The second-order valence-corrected chi connectivity index (χ2v) is 5.04. The Morgan fingerprint density at radius 2 is 2.21 bits per heavy atom. The standard InChI is InChI=1S/C14H20N2O2.ClH/c1-9-5-6-11(15)7-12(9)14(18)16-8-10-3-2-4-13(10)17;/h5-7,10,13,17H,2-4,8,15H2,1H3,(H,16,18);1H. The van der Waals surface area contributed by atoms with Crippen LogP contribution in [0.4, 0.5) is 5.69 Å². The Labute approximate surface area is 119 Å². The predicted octanol–water partition coefficient (Wildman–Crippen LogP) is 1.89. The van der Waals surface area contributed by atoms with Gasteiger partial charge in [-0.15, -0.1) is 12.4 Å². The minimum Gasteiger partial charge on any atom is -0.399 e. The topological polar surface area (TPSA) is 75.4 Å². The summed E-state index contributed by atoms with van der Waals surface area (Å²) in [6.45, 7) is 2.42.